The van der Waals surface area contributed by atoms with Crippen molar-refractivity contribution in [2.24, 2.45) is 0 Å². The van der Waals surface area contributed by atoms with Crippen LogP contribution in [0.15, 0.2) is 59.1 Å². The summed E-state index contributed by atoms with van der Waals surface area (Å²) in [6, 6.07) is 7.12. The maximum absolute atomic E-state index is 13.3. The molecule has 1 unspecified atom stereocenters. The number of phenols is 1. The summed E-state index contributed by atoms with van der Waals surface area (Å²) in [7, 11) is 1.41. The molecule has 1 saturated heterocycles. The number of Topliss-reactive ketones (excluding diaryl/α,β-unsaturated/α-hetero) is 1. The van der Waals surface area contributed by atoms with Gasteiger partial charge in [-0.05, 0) is 51.8 Å². The molecule has 0 bridgehead atoms. The number of ether oxygens (including phenoxy) is 3. The molecule has 5 rings (SSSR count). The van der Waals surface area contributed by atoms with Crippen molar-refractivity contribution in [3.05, 3.63) is 70.2 Å². The normalized spacial score (nSPS) is 18.3. The summed E-state index contributed by atoms with van der Waals surface area (Å²) in [6.45, 7) is 1.65. The number of methoxy groups -OCH3 is 1. The second-order valence-electron chi connectivity index (χ2n) is 8.61. The van der Waals surface area contributed by atoms with Gasteiger partial charge in [-0.2, -0.15) is 0 Å². The second kappa shape index (κ2) is 10.2. The third-order valence-electron chi connectivity index (χ3n) is 6.36. The van der Waals surface area contributed by atoms with E-state index in [0.717, 1.165) is 0 Å². The Hall–Kier alpha value is -3.99. The molecule has 0 radical (unpaired) electrons. The lowest BCUT2D eigenvalue weighted by molar-refractivity contribution is -0.695. The number of carbonyl (C=O) groups is 2. The van der Waals surface area contributed by atoms with Crippen molar-refractivity contribution in [2.45, 2.75) is 19.0 Å². The van der Waals surface area contributed by atoms with Crippen LogP contribution >= 0.6 is 15.9 Å². The van der Waals surface area contributed by atoms with Crippen LogP contribution in [0.25, 0.3) is 5.76 Å². The number of amides is 1. The second-order valence-corrected chi connectivity index (χ2v) is 9.46. The van der Waals surface area contributed by atoms with Crippen molar-refractivity contribution in [3.8, 4) is 23.0 Å². The first-order chi connectivity index (χ1) is 17.9. The molecule has 1 amide bonds. The van der Waals surface area contributed by atoms with Crippen LogP contribution in [0.1, 0.15) is 23.6 Å². The molecule has 11 heteroatoms. The van der Waals surface area contributed by atoms with Crippen LogP contribution in [0.5, 0.6) is 23.0 Å². The van der Waals surface area contributed by atoms with Crippen LogP contribution < -0.4 is 18.8 Å². The van der Waals surface area contributed by atoms with Crippen LogP contribution in [-0.4, -0.2) is 58.7 Å². The minimum absolute atomic E-state index is 0.0596. The van der Waals surface area contributed by atoms with Crippen LogP contribution in [0, 0.1) is 0 Å². The van der Waals surface area contributed by atoms with Gasteiger partial charge in [0.05, 0.1) is 29.7 Å². The van der Waals surface area contributed by atoms with Crippen molar-refractivity contribution in [1.82, 2.24) is 9.88 Å². The molecule has 1 atom stereocenters. The maximum atomic E-state index is 13.3. The number of imidazole rings is 1. The van der Waals surface area contributed by atoms with E-state index in [2.05, 4.69) is 20.9 Å². The summed E-state index contributed by atoms with van der Waals surface area (Å²) in [5.41, 5.74) is 0.754. The fourth-order valence-corrected chi connectivity index (χ4v) is 5.05. The van der Waals surface area contributed by atoms with Crippen molar-refractivity contribution in [1.29, 1.82) is 0 Å². The summed E-state index contributed by atoms with van der Waals surface area (Å²) in [5, 5.41) is 21.7. The number of H-pyrrole nitrogens is 1. The van der Waals surface area contributed by atoms with E-state index < -0.39 is 17.7 Å². The Bertz CT molecular complexity index is 1390. The first-order valence-electron chi connectivity index (χ1n) is 11.7. The van der Waals surface area contributed by atoms with Crippen LogP contribution in [0.3, 0.4) is 0 Å². The standard InChI is InChI=1S/C26H24BrN3O7/c1-35-20-13-16(11-17(27)24(20)32)22-21(23(31)15-3-4-18-19(12-15)37-10-9-36-18)25(33)26(34)30(22)7-2-6-29-8-5-28-14-29/h3-5,8,11-14,22H,2,6-7,9-10H2,1H3,(H2,31,32,33)/p+1. The topological polar surface area (TPSA) is 125 Å². The molecular formula is C26H25BrN3O7+. The molecule has 3 N–H and O–H groups in total. The number of carbonyl (C=O) groups excluding carboxylic acids is 2. The number of aromatic hydroxyl groups is 1. The molecule has 1 fully saturated rings. The molecule has 37 heavy (non-hydrogen) atoms. The molecule has 0 aliphatic carbocycles. The number of rotatable bonds is 7. The molecule has 3 heterocycles. The van der Waals surface area contributed by atoms with Gasteiger partial charge < -0.3 is 29.3 Å². The lowest BCUT2D eigenvalue weighted by Gasteiger charge is -2.26. The maximum Gasteiger partial charge on any atom is 0.295 e. The third kappa shape index (κ3) is 4.62. The number of ketones is 1. The van der Waals surface area contributed by atoms with E-state index in [1.54, 1.807) is 42.9 Å². The number of benzene rings is 2. The van der Waals surface area contributed by atoms with E-state index in [4.69, 9.17) is 14.2 Å². The first-order valence-corrected chi connectivity index (χ1v) is 12.4. The van der Waals surface area contributed by atoms with Crippen LogP contribution in [0.2, 0.25) is 0 Å². The molecule has 2 aliphatic heterocycles. The molecule has 0 spiro atoms. The van der Waals surface area contributed by atoms with Gasteiger partial charge >= 0.3 is 0 Å². The number of hydrogen-bond acceptors (Lipinski definition) is 7. The number of aromatic amines is 1. The predicted octanol–water partition coefficient (Wildman–Crippen LogP) is 3.06. The van der Waals surface area contributed by atoms with Gasteiger partial charge in [-0.15, -0.1) is 0 Å². The Kier molecular flexibility index (Phi) is 6.79. The Morgan fingerprint density at radius 1 is 1.22 bits per heavy atom. The fourth-order valence-electron chi connectivity index (χ4n) is 4.59. The van der Waals surface area contributed by atoms with Crippen molar-refractivity contribution >= 4 is 33.4 Å². The van der Waals surface area contributed by atoms with Gasteiger partial charge in [-0.25, -0.2) is 4.57 Å². The molecule has 2 aliphatic rings. The Morgan fingerprint density at radius 3 is 2.73 bits per heavy atom. The largest absolute Gasteiger partial charge is 0.507 e. The number of hydrogen-bond donors (Lipinski definition) is 3. The zero-order valence-electron chi connectivity index (χ0n) is 19.9. The third-order valence-corrected chi connectivity index (χ3v) is 6.96. The highest BCUT2D eigenvalue weighted by Gasteiger charge is 2.46. The van der Waals surface area contributed by atoms with Crippen molar-refractivity contribution in [2.75, 3.05) is 26.9 Å². The van der Waals surface area contributed by atoms with E-state index in [9.17, 15) is 19.8 Å². The number of likely N-dealkylation sites (tertiary alicyclic amines) is 1. The zero-order chi connectivity index (χ0) is 26.1. The van der Waals surface area contributed by atoms with E-state index in [1.165, 1.54) is 12.0 Å². The number of aliphatic hydroxyl groups excluding tert-OH is 1. The average molecular weight is 571 g/mol. The summed E-state index contributed by atoms with van der Waals surface area (Å²) in [4.78, 5) is 31.0. The number of aliphatic hydroxyl groups is 1. The van der Waals surface area contributed by atoms with Gasteiger partial charge in [-0.1, -0.05) is 0 Å². The van der Waals surface area contributed by atoms with E-state index in [0.29, 0.717) is 53.3 Å². The van der Waals surface area contributed by atoms with Gasteiger partial charge in [-0.3, -0.25) is 14.6 Å². The van der Waals surface area contributed by atoms with Crippen LogP contribution in [-0.2, 0) is 16.1 Å². The molecule has 192 valence electrons. The Labute approximate surface area is 220 Å². The quantitative estimate of drug-likeness (QED) is 0.172. The van der Waals surface area contributed by atoms with Gasteiger partial charge in [0.25, 0.3) is 11.7 Å². The SMILES string of the molecule is COc1cc(C2/C(=C(\O)c3ccc4c(c3)OCCO4)C(=O)C(=O)N2CCC[n+]2cc[nH]c2)cc(Br)c1O. The summed E-state index contributed by atoms with van der Waals surface area (Å²) < 4.78 is 18.7. The lowest BCUT2D eigenvalue weighted by Crippen LogP contribution is -2.36. The highest BCUT2D eigenvalue weighted by atomic mass is 79.9. The monoisotopic (exact) mass is 570 g/mol. The highest BCUT2D eigenvalue weighted by molar-refractivity contribution is 9.10. The summed E-state index contributed by atoms with van der Waals surface area (Å²) in [6.07, 6.45) is 6.02. The lowest BCUT2D eigenvalue weighted by atomic mass is 9.94. The number of nitrogens with zero attached hydrogens (tertiary/aromatic N) is 2. The summed E-state index contributed by atoms with van der Waals surface area (Å²) in [5.74, 6) is -0.809. The molecule has 2 aromatic carbocycles. The zero-order valence-corrected chi connectivity index (χ0v) is 21.5. The number of phenolic OH excluding ortho intramolecular Hbond substituents is 1. The molecule has 3 aromatic rings. The highest BCUT2D eigenvalue weighted by Crippen LogP contribution is 2.45. The van der Waals surface area contributed by atoms with Gasteiger partial charge in [0, 0.05) is 18.5 Å². The smallest absolute Gasteiger partial charge is 0.295 e. The van der Waals surface area contributed by atoms with Gasteiger partial charge in [0.1, 0.15) is 31.4 Å². The molecular weight excluding hydrogens is 546 g/mol. The van der Waals surface area contributed by atoms with Crippen molar-refractivity contribution < 1.29 is 38.6 Å². The Morgan fingerprint density at radius 2 is 2.00 bits per heavy atom. The first kappa shape index (κ1) is 24.7. The number of halogens is 1. The van der Waals surface area contributed by atoms with E-state index in [-0.39, 0.29) is 29.4 Å². The van der Waals surface area contributed by atoms with Gasteiger partial charge in [0.2, 0.25) is 6.33 Å². The van der Waals surface area contributed by atoms with E-state index in [1.807, 2.05) is 10.8 Å². The molecule has 0 saturated carbocycles. The molecule has 10 nitrogen and oxygen atoms in total. The Balaban J connectivity index is 1.59. The average Bonchev–Trinajstić information content (AvgIpc) is 3.52. The predicted molar refractivity (Wildman–Crippen MR) is 134 cm³/mol. The minimum atomic E-state index is -0.907. The number of aromatic nitrogens is 2. The summed E-state index contributed by atoms with van der Waals surface area (Å²) >= 11 is 3.32. The van der Waals surface area contributed by atoms with Crippen LogP contribution in [0.4, 0.5) is 0 Å². The number of nitrogens with one attached hydrogen (secondary N) is 1. The molecule has 1 aromatic heterocycles. The minimum Gasteiger partial charge on any atom is -0.507 e. The fraction of sp³-hybridized carbons (Fsp3) is 0.269. The number of aryl methyl sites for hydroxylation is 1. The van der Waals surface area contributed by atoms with E-state index >= 15 is 0 Å². The van der Waals surface area contributed by atoms with Crippen molar-refractivity contribution in [3.63, 3.8) is 0 Å². The van der Waals surface area contributed by atoms with Gasteiger partial charge in [0.15, 0.2) is 23.0 Å². The number of fused-ring (bicyclic) bond motifs is 1.